The van der Waals surface area contributed by atoms with E-state index < -0.39 is 35.2 Å². The number of carbonyl (C=O) groups excluding carboxylic acids is 1. The Hall–Kier alpha value is -3.96. The first-order chi connectivity index (χ1) is 17.3. The molecule has 0 saturated carbocycles. The number of fused-ring (bicyclic) bond motifs is 3. The highest BCUT2D eigenvalue weighted by Gasteiger charge is 2.43. The number of rotatable bonds is 6. The van der Waals surface area contributed by atoms with Gasteiger partial charge in [-0.2, -0.15) is 13.2 Å². The van der Waals surface area contributed by atoms with Crippen LogP contribution in [0.2, 0.25) is 0 Å². The Morgan fingerprint density at radius 2 is 1.75 bits per heavy atom. The van der Waals surface area contributed by atoms with Gasteiger partial charge in [0.05, 0.1) is 6.61 Å². The van der Waals surface area contributed by atoms with E-state index in [2.05, 4.69) is 15.6 Å². The summed E-state index contributed by atoms with van der Waals surface area (Å²) in [6.07, 6.45) is -5.46. The number of aromatic nitrogens is 2. The fourth-order valence-corrected chi connectivity index (χ4v) is 4.34. The second kappa shape index (κ2) is 9.25. The van der Waals surface area contributed by atoms with Crippen LogP contribution >= 0.6 is 0 Å². The minimum Gasteiger partial charge on any atom is -0.395 e. The summed E-state index contributed by atoms with van der Waals surface area (Å²) in [6, 6.07) is 12.7. The van der Waals surface area contributed by atoms with Crippen molar-refractivity contribution in [2.45, 2.75) is 25.1 Å². The molecule has 1 aliphatic carbocycles. The molecule has 11 heteroatoms. The smallest absolute Gasteiger partial charge is 0.395 e. The quantitative estimate of drug-likeness (QED) is 0.368. The summed E-state index contributed by atoms with van der Waals surface area (Å²) >= 11 is 0. The number of aryl methyl sites for hydroxylation is 1. The van der Waals surface area contributed by atoms with Crippen molar-refractivity contribution in [2.75, 3.05) is 13.2 Å². The summed E-state index contributed by atoms with van der Waals surface area (Å²) in [5, 5.41) is 29.3. The zero-order valence-corrected chi connectivity index (χ0v) is 18.7. The lowest BCUT2D eigenvalue weighted by molar-refractivity contribution is -0.137. The molecule has 0 aliphatic heterocycles. The molecule has 2 aromatic carbocycles. The second-order valence-corrected chi connectivity index (χ2v) is 8.27. The van der Waals surface area contributed by atoms with Crippen molar-refractivity contribution in [1.29, 1.82) is 0 Å². The molecule has 0 radical (unpaired) electrons. The van der Waals surface area contributed by atoms with Crippen LogP contribution in [-0.2, 0) is 23.8 Å². The van der Waals surface area contributed by atoms with Crippen LogP contribution in [0.3, 0.4) is 0 Å². The Kier molecular flexibility index (Phi) is 6.10. The molecule has 0 bridgehead atoms. The molecule has 36 heavy (non-hydrogen) atoms. The molecule has 2 heterocycles. The number of benzene rings is 2. The Morgan fingerprint density at radius 3 is 2.47 bits per heavy atom. The molecule has 0 saturated heterocycles. The van der Waals surface area contributed by atoms with Gasteiger partial charge in [0.1, 0.15) is 11.3 Å². The number of halogens is 3. The molecule has 1 amide bonds. The van der Waals surface area contributed by atoms with Gasteiger partial charge in [0.25, 0.3) is 5.91 Å². The van der Waals surface area contributed by atoms with Gasteiger partial charge in [0.2, 0.25) is 0 Å². The molecule has 0 fully saturated rings. The Bertz CT molecular complexity index is 1410. The van der Waals surface area contributed by atoms with Crippen molar-refractivity contribution < 1.29 is 37.2 Å². The Labute approximate surface area is 202 Å². The van der Waals surface area contributed by atoms with E-state index in [-0.39, 0.29) is 24.5 Å². The van der Waals surface area contributed by atoms with Gasteiger partial charge < -0.3 is 24.6 Å². The first-order valence-corrected chi connectivity index (χ1v) is 11.1. The van der Waals surface area contributed by atoms with Crippen LogP contribution in [0.25, 0.3) is 34.0 Å². The maximum absolute atomic E-state index is 14.1. The van der Waals surface area contributed by atoms with E-state index in [1.165, 1.54) is 18.2 Å². The van der Waals surface area contributed by atoms with Gasteiger partial charge in [0, 0.05) is 23.2 Å². The van der Waals surface area contributed by atoms with Crippen molar-refractivity contribution >= 4 is 5.91 Å². The number of amides is 1. The number of carbonyl (C=O) groups is 1. The van der Waals surface area contributed by atoms with Gasteiger partial charge in [-0.1, -0.05) is 58.8 Å². The predicted molar refractivity (Wildman–Crippen MR) is 120 cm³/mol. The van der Waals surface area contributed by atoms with E-state index in [9.17, 15) is 23.1 Å². The van der Waals surface area contributed by atoms with Crippen molar-refractivity contribution in [2.24, 2.45) is 0 Å². The average Bonchev–Trinajstić information content (AvgIpc) is 3.51. The van der Waals surface area contributed by atoms with Gasteiger partial charge >= 0.3 is 6.18 Å². The molecule has 0 spiro atoms. The number of aliphatic hydroxyl groups excluding tert-OH is 2. The molecular formula is C25H20F3N3O5. The van der Waals surface area contributed by atoms with E-state index >= 15 is 0 Å². The number of nitrogens with one attached hydrogen (secondary N) is 1. The lowest BCUT2D eigenvalue weighted by atomic mass is 9.86. The third kappa shape index (κ3) is 4.16. The van der Waals surface area contributed by atoms with Crippen molar-refractivity contribution in [3.8, 4) is 34.0 Å². The van der Waals surface area contributed by atoms with E-state index in [1.54, 1.807) is 30.3 Å². The standard InChI is InChI=1S/C25H20F3N3O5/c26-25(27,28)18-20(31-35-22(18)13-4-2-1-3-5-13)23-17-9-6-14-12-15(21(33)24(34)29-10-11-32)7-8-16(14)19(17)30-36-23/h1-5,7-8,12,21,32-33H,6,9-11H2,(H,29,34). The lowest BCUT2D eigenvalue weighted by Gasteiger charge is -2.18. The highest BCUT2D eigenvalue weighted by molar-refractivity contribution is 5.83. The summed E-state index contributed by atoms with van der Waals surface area (Å²) < 4.78 is 52.9. The lowest BCUT2D eigenvalue weighted by Crippen LogP contribution is -2.31. The largest absolute Gasteiger partial charge is 0.422 e. The second-order valence-electron chi connectivity index (χ2n) is 8.27. The number of alkyl halides is 3. The summed E-state index contributed by atoms with van der Waals surface area (Å²) in [5.74, 6) is -1.16. The molecule has 8 nitrogen and oxygen atoms in total. The van der Waals surface area contributed by atoms with Crippen LogP contribution in [0.1, 0.15) is 28.4 Å². The summed E-state index contributed by atoms with van der Waals surface area (Å²) in [6.45, 7) is -0.242. The fourth-order valence-electron chi connectivity index (χ4n) is 4.34. The highest BCUT2D eigenvalue weighted by atomic mass is 19.4. The molecule has 1 unspecified atom stereocenters. The normalized spacial score (nSPS) is 13.7. The van der Waals surface area contributed by atoms with Crippen LogP contribution in [0.15, 0.2) is 57.6 Å². The SMILES string of the molecule is O=C(NCCO)C(O)c1ccc2c(c1)CCc1c-2noc1-c1noc(-c2ccccc2)c1C(F)(F)F. The topological polar surface area (TPSA) is 122 Å². The summed E-state index contributed by atoms with van der Waals surface area (Å²) in [4.78, 5) is 12.0. The van der Waals surface area contributed by atoms with Gasteiger partial charge in [-0.3, -0.25) is 4.79 Å². The molecule has 186 valence electrons. The predicted octanol–water partition coefficient (Wildman–Crippen LogP) is 3.92. The number of hydrogen-bond donors (Lipinski definition) is 3. The van der Waals surface area contributed by atoms with E-state index in [1.807, 2.05) is 0 Å². The van der Waals surface area contributed by atoms with Crippen LogP contribution in [0.5, 0.6) is 0 Å². The number of nitrogens with zero attached hydrogens (tertiary/aromatic N) is 2. The van der Waals surface area contributed by atoms with Crippen LogP contribution in [0, 0.1) is 0 Å². The molecule has 1 aliphatic rings. The average molecular weight is 499 g/mol. The molecule has 5 rings (SSSR count). The van der Waals surface area contributed by atoms with Crippen LogP contribution in [0.4, 0.5) is 13.2 Å². The first-order valence-electron chi connectivity index (χ1n) is 11.1. The van der Waals surface area contributed by atoms with Gasteiger partial charge in [-0.25, -0.2) is 0 Å². The molecule has 4 aromatic rings. The maximum Gasteiger partial charge on any atom is 0.422 e. The maximum atomic E-state index is 14.1. The van der Waals surface area contributed by atoms with Crippen LogP contribution in [-0.4, -0.2) is 39.6 Å². The van der Waals surface area contributed by atoms with E-state index in [0.717, 1.165) is 5.56 Å². The van der Waals surface area contributed by atoms with Gasteiger partial charge in [-0.15, -0.1) is 0 Å². The molecular weight excluding hydrogens is 479 g/mol. The third-order valence-electron chi connectivity index (χ3n) is 6.02. The molecule has 1 atom stereocenters. The van der Waals surface area contributed by atoms with Gasteiger partial charge in [0.15, 0.2) is 23.3 Å². The van der Waals surface area contributed by atoms with Crippen molar-refractivity contribution in [1.82, 2.24) is 15.6 Å². The van der Waals surface area contributed by atoms with E-state index in [4.69, 9.17) is 14.2 Å². The first kappa shape index (κ1) is 23.8. The highest BCUT2D eigenvalue weighted by Crippen LogP contribution is 2.46. The Morgan fingerprint density at radius 1 is 1.03 bits per heavy atom. The minimum atomic E-state index is -4.76. The van der Waals surface area contributed by atoms with Crippen molar-refractivity contribution in [3.63, 3.8) is 0 Å². The van der Waals surface area contributed by atoms with Crippen LogP contribution < -0.4 is 5.32 Å². The van der Waals surface area contributed by atoms with Crippen molar-refractivity contribution in [3.05, 3.63) is 70.8 Å². The van der Waals surface area contributed by atoms with E-state index in [0.29, 0.717) is 35.2 Å². The fraction of sp³-hybridized carbons (Fsp3) is 0.240. The molecule has 3 N–H and O–H groups in total. The summed E-state index contributed by atoms with van der Waals surface area (Å²) in [7, 11) is 0. The number of aliphatic hydroxyl groups is 2. The zero-order chi connectivity index (χ0) is 25.4. The monoisotopic (exact) mass is 499 g/mol. The minimum absolute atomic E-state index is 0.0137. The number of hydrogen-bond acceptors (Lipinski definition) is 7. The molecule has 2 aromatic heterocycles. The Balaban J connectivity index is 1.53. The van der Waals surface area contributed by atoms with Gasteiger partial charge in [-0.05, 0) is 24.0 Å². The summed E-state index contributed by atoms with van der Waals surface area (Å²) in [5.41, 5.74) is 1.30. The third-order valence-corrected chi connectivity index (χ3v) is 6.02. The zero-order valence-electron chi connectivity index (χ0n) is 18.7.